The highest BCUT2D eigenvalue weighted by molar-refractivity contribution is 4.72. The summed E-state index contributed by atoms with van der Waals surface area (Å²) < 4.78 is 18.4. The van der Waals surface area contributed by atoms with Crippen LogP contribution in [0.4, 0.5) is 0 Å². The molecule has 0 saturated carbocycles. The predicted octanol–water partition coefficient (Wildman–Crippen LogP) is 0.544. The van der Waals surface area contributed by atoms with E-state index in [0.717, 1.165) is 4.57 Å². The second-order valence-electron chi connectivity index (χ2n) is 6.27. The molecule has 0 aromatic carbocycles. The summed E-state index contributed by atoms with van der Waals surface area (Å²) in [5, 5.41) is 0. The van der Waals surface area contributed by atoms with Gasteiger partial charge in [-0.25, -0.2) is 19.0 Å². The van der Waals surface area contributed by atoms with Crippen molar-refractivity contribution < 1.29 is 14.2 Å². The summed E-state index contributed by atoms with van der Waals surface area (Å²) in [4.78, 5) is 38.7. The number of aromatic amines is 2. The molecule has 0 aliphatic carbocycles. The molecule has 0 spiro atoms. The van der Waals surface area contributed by atoms with Gasteiger partial charge in [-0.05, 0) is 41.5 Å². The van der Waals surface area contributed by atoms with Crippen molar-refractivity contribution in [2.75, 3.05) is 0 Å². The van der Waals surface area contributed by atoms with E-state index >= 15 is 0 Å². The van der Waals surface area contributed by atoms with Gasteiger partial charge in [-0.3, -0.25) is 9.97 Å². The van der Waals surface area contributed by atoms with Gasteiger partial charge in [0.05, 0.1) is 18.3 Å². The lowest BCUT2D eigenvalue weighted by atomic mass is 10.3. The van der Waals surface area contributed by atoms with Gasteiger partial charge in [-0.1, -0.05) is 0 Å². The molecule has 1 aromatic rings. The van der Waals surface area contributed by atoms with Gasteiger partial charge in [0, 0.05) is 13.0 Å². The van der Waals surface area contributed by atoms with Crippen LogP contribution >= 0.6 is 0 Å². The van der Waals surface area contributed by atoms with Crippen LogP contribution in [0.2, 0.25) is 0 Å². The van der Waals surface area contributed by atoms with E-state index in [0.29, 0.717) is 0 Å². The average Bonchev–Trinajstić information content (AvgIpc) is 2.34. The maximum absolute atomic E-state index is 11.8. The molecule has 1 heterocycles. The molecule has 0 aliphatic heterocycles. The van der Waals surface area contributed by atoms with Gasteiger partial charge in [0.25, 0.3) is 5.97 Å². The SMILES string of the molecule is CC(C)OC(CCn1c(=O)[nH]c(=O)[nH]c1=O)(OC(C)C)OC(C)C. The van der Waals surface area contributed by atoms with E-state index in [1.807, 2.05) is 51.5 Å². The van der Waals surface area contributed by atoms with Crippen molar-refractivity contribution in [3.05, 3.63) is 31.5 Å². The standard InChI is InChI=1S/C15H27N3O6/c1-9(2)22-15(23-10(3)4,24-11(5)6)7-8-18-13(20)16-12(19)17-14(18)21/h9-11H,7-8H2,1-6H3,(H2,16,17,19,20,21). The van der Waals surface area contributed by atoms with Crippen molar-refractivity contribution in [3.63, 3.8) is 0 Å². The number of rotatable bonds is 9. The first-order valence-corrected chi connectivity index (χ1v) is 8.01. The van der Waals surface area contributed by atoms with Crippen LogP contribution in [-0.4, -0.2) is 38.8 Å². The first-order valence-electron chi connectivity index (χ1n) is 8.01. The Balaban J connectivity index is 3.13. The van der Waals surface area contributed by atoms with E-state index in [4.69, 9.17) is 14.2 Å². The third-order valence-corrected chi connectivity index (χ3v) is 2.82. The summed E-state index contributed by atoms with van der Waals surface area (Å²) in [7, 11) is 0. The van der Waals surface area contributed by atoms with Crippen LogP contribution in [0.15, 0.2) is 14.4 Å². The van der Waals surface area contributed by atoms with E-state index in [1.54, 1.807) is 0 Å². The topological polar surface area (TPSA) is 115 Å². The Morgan fingerprint density at radius 1 is 0.833 bits per heavy atom. The molecular formula is C15H27N3O6. The van der Waals surface area contributed by atoms with Crippen molar-refractivity contribution in [3.8, 4) is 0 Å². The summed E-state index contributed by atoms with van der Waals surface area (Å²) in [6.07, 6.45) is -0.509. The van der Waals surface area contributed by atoms with Crippen molar-refractivity contribution in [1.82, 2.24) is 14.5 Å². The van der Waals surface area contributed by atoms with E-state index in [2.05, 4.69) is 0 Å². The Morgan fingerprint density at radius 2 is 1.21 bits per heavy atom. The largest absolute Gasteiger partial charge is 0.333 e. The lowest BCUT2D eigenvalue weighted by Gasteiger charge is -2.37. The van der Waals surface area contributed by atoms with Gasteiger partial charge < -0.3 is 14.2 Å². The van der Waals surface area contributed by atoms with Crippen LogP contribution < -0.4 is 17.1 Å². The fourth-order valence-electron chi connectivity index (χ4n) is 2.24. The van der Waals surface area contributed by atoms with Crippen LogP contribution in [0.25, 0.3) is 0 Å². The lowest BCUT2D eigenvalue weighted by molar-refractivity contribution is -0.412. The lowest BCUT2D eigenvalue weighted by Crippen LogP contribution is -2.48. The van der Waals surface area contributed by atoms with Crippen molar-refractivity contribution in [2.24, 2.45) is 0 Å². The zero-order valence-corrected chi connectivity index (χ0v) is 15.0. The summed E-state index contributed by atoms with van der Waals surface area (Å²) in [6.45, 7) is 11.0. The van der Waals surface area contributed by atoms with Crippen LogP contribution in [0.3, 0.4) is 0 Å². The van der Waals surface area contributed by atoms with Crippen LogP contribution in [0.5, 0.6) is 0 Å². The van der Waals surface area contributed by atoms with Crippen LogP contribution in [-0.2, 0) is 20.8 Å². The first kappa shape index (κ1) is 20.3. The van der Waals surface area contributed by atoms with Crippen molar-refractivity contribution in [2.45, 2.75) is 78.8 Å². The Labute approximate surface area is 140 Å². The van der Waals surface area contributed by atoms with Gasteiger partial charge in [0.2, 0.25) is 0 Å². The summed E-state index contributed by atoms with van der Waals surface area (Å²) in [5.41, 5.74) is -2.43. The van der Waals surface area contributed by atoms with Gasteiger partial charge in [-0.2, -0.15) is 0 Å². The molecule has 0 atom stereocenters. The highest BCUT2D eigenvalue weighted by Crippen LogP contribution is 2.26. The molecule has 9 heteroatoms. The molecule has 1 aromatic heterocycles. The number of hydrogen-bond acceptors (Lipinski definition) is 6. The molecule has 0 amide bonds. The van der Waals surface area contributed by atoms with Gasteiger partial charge in [0.15, 0.2) is 0 Å². The van der Waals surface area contributed by atoms with Crippen LogP contribution in [0, 0.1) is 0 Å². The molecule has 9 nitrogen and oxygen atoms in total. The molecule has 0 bridgehead atoms. The summed E-state index contributed by atoms with van der Waals surface area (Å²) in [5.74, 6) is -1.40. The molecule has 0 saturated heterocycles. The smallest absolute Gasteiger partial charge is 0.325 e. The normalized spacial score (nSPS) is 12.5. The van der Waals surface area contributed by atoms with E-state index in [9.17, 15) is 14.4 Å². The number of ether oxygens (including phenoxy) is 3. The minimum Gasteiger partial charge on any atom is -0.325 e. The Morgan fingerprint density at radius 3 is 1.54 bits per heavy atom. The molecule has 0 aliphatic rings. The Hall–Kier alpha value is -1.71. The highest BCUT2D eigenvalue weighted by atomic mass is 16.9. The molecule has 2 N–H and O–H groups in total. The molecule has 138 valence electrons. The summed E-state index contributed by atoms with van der Waals surface area (Å²) >= 11 is 0. The number of hydrogen-bond donors (Lipinski definition) is 2. The highest BCUT2D eigenvalue weighted by Gasteiger charge is 2.37. The van der Waals surface area contributed by atoms with E-state index < -0.39 is 23.0 Å². The third kappa shape index (κ3) is 6.06. The zero-order valence-electron chi connectivity index (χ0n) is 15.0. The molecule has 0 fully saturated rings. The van der Waals surface area contributed by atoms with E-state index in [-0.39, 0.29) is 31.3 Å². The predicted molar refractivity (Wildman–Crippen MR) is 88.0 cm³/mol. The van der Waals surface area contributed by atoms with Gasteiger partial charge in [-0.15, -0.1) is 0 Å². The number of nitrogens with one attached hydrogen (secondary N) is 2. The fraction of sp³-hybridized carbons (Fsp3) is 0.800. The first-order chi connectivity index (χ1) is 11.0. The Kier molecular flexibility index (Phi) is 7.12. The second-order valence-corrected chi connectivity index (χ2v) is 6.27. The monoisotopic (exact) mass is 345 g/mol. The number of H-pyrrole nitrogens is 2. The molecule has 1 rings (SSSR count). The van der Waals surface area contributed by atoms with Crippen molar-refractivity contribution in [1.29, 1.82) is 0 Å². The molecule has 0 radical (unpaired) electrons. The molecule has 24 heavy (non-hydrogen) atoms. The maximum atomic E-state index is 11.8. The van der Waals surface area contributed by atoms with Crippen LogP contribution in [0.1, 0.15) is 48.0 Å². The van der Waals surface area contributed by atoms with E-state index in [1.165, 1.54) is 0 Å². The number of nitrogens with zero attached hydrogens (tertiary/aromatic N) is 1. The second kappa shape index (κ2) is 8.41. The number of aromatic nitrogens is 3. The minimum atomic E-state index is -1.40. The fourth-order valence-corrected chi connectivity index (χ4v) is 2.24. The Bertz CT molecular complexity index is 625. The minimum absolute atomic E-state index is 0.0445. The zero-order chi connectivity index (χ0) is 18.5. The molecule has 0 unspecified atom stereocenters. The van der Waals surface area contributed by atoms with Crippen molar-refractivity contribution >= 4 is 0 Å². The third-order valence-electron chi connectivity index (χ3n) is 2.82. The summed E-state index contributed by atoms with van der Waals surface area (Å²) in [6, 6.07) is 0. The molecular weight excluding hydrogens is 318 g/mol. The average molecular weight is 345 g/mol. The van der Waals surface area contributed by atoms with Gasteiger partial charge >= 0.3 is 17.1 Å². The quantitative estimate of drug-likeness (QED) is 0.631. The maximum Gasteiger partial charge on any atom is 0.333 e. The van der Waals surface area contributed by atoms with Gasteiger partial charge in [0.1, 0.15) is 0 Å².